The summed E-state index contributed by atoms with van der Waals surface area (Å²) >= 11 is 1.80. The largest absolute Gasteiger partial charge is 0.342 e. The van der Waals surface area contributed by atoms with Crippen LogP contribution in [0.5, 0.6) is 0 Å². The van der Waals surface area contributed by atoms with E-state index in [9.17, 15) is 4.79 Å². The average molecular weight is 316 g/mol. The smallest absolute Gasteiger partial charge is 0.226 e. The van der Waals surface area contributed by atoms with E-state index >= 15 is 0 Å². The van der Waals surface area contributed by atoms with Crippen LogP contribution in [0.25, 0.3) is 0 Å². The van der Waals surface area contributed by atoms with Gasteiger partial charge >= 0.3 is 0 Å². The summed E-state index contributed by atoms with van der Waals surface area (Å²) < 4.78 is 1.93. The van der Waals surface area contributed by atoms with E-state index in [1.165, 1.54) is 10.4 Å². The Kier molecular flexibility index (Phi) is 3.48. The first-order chi connectivity index (χ1) is 10.7. The zero-order valence-electron chi connectivity index (χ0n) is 12.7. The molecule has 4 rings (SSSR count). The third-order valence-electron chi connectivity index (χ3n) is 4.94. The summed E-state index contributed by atoms with van der Waals surface area (Å²) in [6.07, 6.45) is 6.62. The first-order valence-electron chi connectivity index (χ1n) is 7.92. The summed E-state index contributed by atoms with van der Waals surface area (Å²) in [7, 11) is 0. The normalized spacial score (nSPS) is 25.4. The maximum atomic E-state index is 12.7. The number of nitrogens with zero attached hydrogens (tertiary/aromatic N) is 4. The van der Waals surface area contributed by atoms with Crippen LogP contribution in [-0.4, -0.2) is 38.9 Å². The van der Waals surface area contributed by atoms with Gasteiger partial charge in [-0.05, 0) is 43.2 Å². The van der Waals surface area contributed by atoms with Crippen molar-refractivity contribution in [3.8, 4) is 0 Å². The molecule has 0 aromatic carbocycles. The second-order valence-electron chi connectivity index (χ2n) is 6.36. The molecule has 0 bridgehead atoms. The van der Waals surface area contributed by atoms with Gasteiger partial charge in [0.25, 0.3) is 0 Å². The van der Waals surface area contributed by atoms with Crippen molar-refractivity contribution in [1.82, 2.24) is 19.9 Å². The van der Waals surface area contributed by atoms with Gasteiger partial charge in [0.1, 0.15) is 0 Å². The summed E-state index contributed by atoms with van der Waals surface area (Å²) in [5.74, 6) is 1.05. The molecule has 2 atom stereocenters. The van der Waals surface area contributed by atoms with Gasteiger partial charge in [0.05, 0.1) is 12.2 Å². The highest BCUT2D eigenvalue weighted by Crippen LogP contribution is 2.51. The fourth-order valence-corrected chi connectivity index (χ4v) is 4.63. The van der Waals surface area contributed by atoms with Crippen LogP contribution in [0.15, 0.2) is 23.8 Å². The van der Waals surface area contributed by atoms with Gasteiger partial charge in [-0.3, -0.25) is 4.79 Å². The Labute approximate surface area is 133 Å². The Morgan fingerprint density at radius 3 is 2.82 bits per heavy atom. The molecule has 6 heteroatoms. The molecular formula is C16H20N4OS. The highest BCUT2D eigenvalue weighted by Gasteiger charge is 2.47. The number of piperidine rings is 1. The van der Waals surface area contributed by atoms with Gasteiger partial charge in [-0.25, -0.2) is 4.68 Å². The lowest BCUT2D eigenvalue weighted by molar-refractivity contribution is -0.134. The molecule has 1 amide bonds. The van der Waals surface area contributed by atoms with Crippen molar-refractivity contribution in [2.75, 3.05) is 13.1 Å². The van der Waals surface area contributed by atoms with Crippen LogP contribution < -0.4 is 0 Å². The molecule has 0 unspecified atom stereocenters. The van der Waals surface area contributed by atoms with E-state index in [1.54, 1.807) is 17.5 Å². The number of carbonyl (C=O) groups excluding carboxylic acids is 1. The van der Waals surface area contributed by atoms with E-state index in [0.717, 1.165) is 32.4 Å². The quantitative estimate of drug-likeness (QED) is 0.874. The van der Waals surface area contributed by atoms with E-state index in [0.29, 0.717) is 17.9 Å². The second kappa shape index (κ2) is 5.50. The molecule has 0 radical (unpaired) electrons. The van der Waals surface area contributed by atoms with Crippen LogP contribution in [0.1, 0.15) is 41.7 Å². The number of hydrogen-bond donors (Lipinski definition) is 0. The standard InChI is InChI=1S/C16H20N4OS/c1-11-4-9-22-15(11)13-10-14(13)16(21)19-6-2-12(3-7-19)20-8-5-17-18-20/h4-5,8-9,12-14H,2-3,6-7,10H2,1H3/t13-,14+/m1/s1. The molecule has 1 aliphatic heterocycles. The number of aryl methyl sites for hydroxylation is 1. The van der Waals surface area contributed by atoms with E-state index in [4.69, 9.17) is 0 Å². The number of carbonyl (C=O) groups is 1. The topological polar surface area (TPSA) is 51.0 Å². The van der Waals surface area contributed by atoms with Gasteiger partial charge in [-0.15, -0.1) is 16.4 Å². The minimum absolute atomic E-state index is 0.222. The molecule has 22 heavy (non-hydrogen) atoms. The third-order valence-corrected chi connectivity index (χ3v) is 6.09. The summed E-state index contributed by atoms with van der Waals surface area (Å²) in [6.45, 7) is 3.83. The zero-order valence-corrected chi connectivity index (χ0v) is 13.5. The van der Waals surface area contributed by atoms with Crippen LogP contribution in [0.3, 0.4) is 0 Å². The van der Waals surface area contributed by atoms with Crippen molar-refractivity contribution in [3.05, 3.63) is 34.3 Å². The first kappa shape index (κ1) is 13.9. The molecule has 0 N–H and O–H groups in total. The maximum absolute atomic E-state index is 12.7. The predicted octanol–water partition coefficient (Wildman–Crippen LogP) is 2.62. The van der Waals surface area contributed by atoms with Crippen molar-refractivity contribution in [3.63, 3.8) is 0 Å². The van der Waals surface area contributed by atoms with Gasteiger partial charge in [-0.2, -0.15) is 0 Å². The summed E-state index contributed by atoms with van der Waals surface area (Å²) in [6, 6.07) is 2.55. The lowest BCUT2D eigenvalue weighted by Gasteiger charge is -2.32. The summed E-state index contributed by atoms with van der Waals surface area (Å²) in [5.41, 5.74) is 1.34. The van der Waals surface area contributed by atoms with Gasteiger partial charge in [0, 0.05) is 36.0 Å². The molecule has 116 valence electrons. The molecular weight excluding hydrogens is 296 g/mol. The number of thiophene rings is 1. The zero-order chi connectivity index (χ0) is 15.1. The van der Waals surface area contributed by atoms with Crippen LogP contribution >= 0.6 is 11.3 Å². The Balaban J connectivity index is 1.35. The van der Waals surface area contributed by atoms with Crippen molar-refractivity contribution in [1.29, 1.82) is 0 Å². The van der Waals surface area contributed by atoms with Crippen molar-refractivity contribution in [2.45, 2.75) is 38.1 Å². The number of aromatic nitrogens is 3. The summed E-state index contributed by atoms with van der Waals surface area (Å²) in [5, 5.41) is 10.1. The summed E-state index contributed by atoms with van der Waals surface area (Å²) in [4.78, 5) is 16.1. The highest BCUT2D eigenvalue weighted by atomic mass is 32.1. The van der Waals surface area contributed by atoms with Crippen LogP contribution in [0, 0.1) is 12.8 Å². The minimum atomic E-state index is 0.222. The van der Waals surface area contributed by atoms with E-state index in [1.807, 2.05) is 10.9 Å². The lowest BCUT2D eigenvalue weighted by atomic mass is 10.0. The van der Waals surface area contributed by atoms with Crippen molar-refractivity contribution < 1.29 is 4.79 Å². The van der Waals surface area contributed by atoms with E-state index in [-0.39, 0.29) is 5.92 Å². The Hall–Kier alpha value is -1.69. The monoisotopic (exact) mass is 316 g/mol. The second-order valence-corrected chi connectivity index (χ2v) is 7.30. The molecule has 1 saturated carbocycles. The Bertz CT molecular complexity index is 658. The predicted molar refractivity (Wildman–Crippen MR) is 84.8 cm³/mol. The molecule has 1 saturated heterocycles. The van der Waals surface area contributed by atoms with Crippen LogP contribution in [0.2, 0.25) is 0 Å². The SMILES string of the molecule is Cc1ccsc1[C@@H]1C[C@@H]1C(=O)N1CCC(n2ccnn2)CC1. The van der Waals surface area contributed by atoms with Crippen molar-refractivity contribution >= 4 is 17.2 Å². The number of rotatable bonds is 3. The molecule has 0 spiro atoms. The fourth-order valence-electron chi connectivity index (χ4n) is 3.52. The molecule has 2 aromatic rings. The third kappa shape index (κ3) is 2.45. The van der Waals surface area contributed by atoms with Crippen LogP contribution in [-0.2, 0) is 4.79 Å². The first-order valence-corrected chi connectivity index (χ1v) is 8.80. The minimum Gasteiger partial charge on any atom is -0.342 e. The van der Waals surface area contributed by atoms with Gasteiger partial charge in [-0.1, -0.05) is 5.21 Å². The Morgan fingerprint density at radius 2 is 2.18 bits per heavy atom. The lowest BCUT2D eigenvalue weighted by Crippen LogP contribution is -2.40. The van der Waals surface area contributed by atoms with Crippen LogP contribution in [0.4, 0.5) is 0 Å². The highest BCUT2D eigenvalue weighted by molar-refractivity contribution is 7.10. The molecule has 2 fully saturated rings. The molecule has 5 nitrogen and oxygen atoms in total. The fraction of sp³-hybridized carbons (Fsp3) is 0.562. The molecule has 2 aromatic heterocycles. The average Bonchev–Trinajstić information content (AvgIpc) is 2.95. The maximum Gasteiger partial charge on any atom is 0.226 e. The van der Waals surface area contributed by atoms with Gasteiger partial charge < -0.3 is 4.90 Å². The number of likely N-dealkylation sites (tertiary alicyclic amines) is 1. The molecule has 1 aliphatic carbocycles. The van der Waals surface area contributed by atoms with Gasteiger partial charge in [0.2, 0.25) is 5.91 Å². The molecule has 3 heterocycles. The van der Waals surface area contributed by atoms with E-state index in [2.05, 4.69) is 33.6 Å². The number of hydrogen-bond acceptors (Lipinski definition) is 4. The van der Waals surface area contributed by atoms with Gasteiger partial charge in [0.15, 0.2) is 0 Å². The number of amides is 1. The van der Waals surface area contributed by atoms with E-state index < -0.39 is 0 Å². The Morgan fingerprint density at radius 1 is 1.36 bits per heavy atom. The molecule has 2 aliphatic rings. The van der Waals surface area contributed by atoms with Crippen molar-refractivity contribution in [2.24, 2.45) is 5.92 Å².